The molecule has 2 heterocycles. The quantitative estimate of drug-likeness (QED) is 0.463. The molecule has 1 saturated heterocycles. The van der Waals surface area contributed by atoms with E-state index in [9.17, 15) is 4.39 Å². The summed E-state index contributed by atoms with van der Waals surface area (Å²) >= 11 is 5.98. The van der Waals surface area contributed by atoms with Crippen molar-refractivity contribution in [2.75, 3.05) is 26.2 Å². The average Bonchev–Trinajstić information content (AvgIpc) is 3.37. The Morgan fingerprint density at radius 1 is 1.26 bits per heavy atom. The number of benzene rings is 2. The second-order valence-electron chi connectivity index (χ2n) is 8.21. The molecule has 6 heteroatoms. The normalized spacial score (nSPS) is 16.4. The van der Waals surface area contributed by atoms with Gasteiger partial charge in [-0.05, 0) is 54.8 Å². The summed E-state index contributed by atoms with van der Waals surface area (Å²) in [4.78, 5) is 2.26. The fourth-order valence-electron chi connectivity index (χ4n) is 4.14. The number of nitrogens with zero attached hydrogens (tertiary/aromatic N) is 2. The van der Waals surface area contributed by atoms with Crippen LogP contribution in [0, 0.1) is 5.82 Å². The second-order valence-corrected chi connectivity index (χ2v) is 8.64. The highest BCUT2D eigenvalue weighted by atomic mass is 35.5. The highest BCUT2D eigenvalue weighted by Gasteiger charge is 2.22. The van der Waals surface area contributed by atoms with Gasteiger partial charge in [0.2, 0.25) is 0 Å². The second kappa shape index (κ2) is 9.86. The van der Waals surface area contributed by atoms with Crippen LogP contribution in [0.4, 0.5) is 4.39 Å². The molecule has 0 saturated carbocycles. The summed E-state index contributed by atoms with van der Waals surface area (Å²) in [6.45, 7) is 10.6. The van der Waals surface area contributed by atoms with E-state index in [1.807, 2.05) is 37.4 Å². The Balaban J connectivity index is 1.33. The van der Waals surface area contributed by atoms with Crippen molar-refractivity contribution < 1.29 is 9.13 Å². The summed E-state index contributed by atoms with van der Waals surface area (Å²) in [5, 5.41) is 5.18. The molecular weight excluding hydrogens is 413 g/mol. The van der Waals surface area contributed by atoms with Gasteiger partial charge in [-0.3, -0.25) is 0 Å². The maximum atomic E-state index is 14.3. The predicted octanol–water partition coefficient (Wildman–Crippen LogP) is 5.20. The van der Waals surface area contributed by atoms with Crippen LogP contribution < -0.4 is 5.32 Å². The molecule has 1 atom stereocenters. The predicted molar refractivity (Wildman–Crippen MR) is 125 cm³/mol. The van der Waals surface area contributed by atoms with Crippen LogP contribution in [0.1, 0.15) is 24.5 Å². The first kappa shape index (κ1) is 21.9. The van der Waals surface area contributed by atoms with Crippen molar-refractivity contribution in [1.82, 2.24) is 14.8 Å². The molecule has 1 N–H and O–H groups in total. The Morgan fingerprint density at radius 2 is 2.06 bits per heavy atom. The molecule has 1 unspecified atom stereocenters. The minimum Gasteiger partial charge on any atom is -0.375 e. The molecule has 1 aromatic heterocycles. The molecule has 1 aliphatic rings. The van der Waals surface area contributed by atoms with Gasteiger partial charge in [0.15, 0.2) is 0 Å². The zero-order valence-corrected chi connectivity index (χ0v) is 18.7. The highest BCUT2D eigenvalue weighted by molar-refractivity contribution is 6.30. The first-order valence-electron chi connectivity index (χ1n) is 10.7. The molecule has 0 bridgehead atoms. The molecule has 3 aromatic rings. The van der Waals surface area contributed by atoms with Crippen LogP contribution in [0.3, 0.4) is 0 Å². The minimum absolute atomic E-state index is 0.220. The Kier molecular flexibility index (Phi) is 6.96. The van der Waals surface area contributed by atoms with E-state index < -0.39 is 0 Å². The largest absolute Gasteiger partial charge is 0.375 e. The topological polar surface area (TPSA) is 29.4 Å². The lowest BCUT2D eigenvalue weighted by molar-refractivity contribution is 0.0632. The number of hydrogen-bond acceptors (Lipinski definition) is 3. The minimum atomic E-state index is -0.220. The first-order valence-corrected chi connectivity index (χ1v) is 11.1. The number of fused-ring (bicyclic) bond motifs is 1. The summed E-state index contributed by atoms with van der Waals surface area (Å²) in [6.07, 6.45) is 3.32. The van der Waals surface area contributed by atoms with Gasteiger partial charge >= 0.3 is 0 Å². The maximum Gasteiger partial charge on any atom is 0.125 e. The van der Waals surface area contributed by atoms with Gasteiger partial charge in [0.25, 0.3) is 0 Å². The number of nitrogens with one attached hydrogen (secondary N) is 1. The Bertz CT molecular complexity index is 1050. The maximum absolute atomic E-state index is 14.3. The molecule has 0 spiro atoms. The van der Waals surface area contributed by atoms with Crippen molar-refractivity contribution in [3.63, 3.8) is 0 Å². The van der Waals surface area contributed by atoms with Crippen LogP contribution in [0.5, 0.6) is 0 Å². The number of likely N-dealkylation sites (tertiary alicyclic amines) is 1. The standard InChI is InChI=1S/C25H29ClFN3O/c1-18(2)29-10-7-23(17-29)31-12-9-28-15-20-13-22(27)14-25-24(20)8-11-30(25)16-19-3-5-21(26)6-4-19/h3-6,8,11,13-14,23,28H,1,7,9-10,12,15-17H2,2H3. The van der Waals surface area contributed by atoms with Gasteiger partial charge in [-0.2, -0.15) is 0 Å². The highest BCUT2D eigenvalue weighted by Crippen LogP contribution is 2.24. The number of rotatable bonds is 9. The fourth-order valence-corrected chi connectivity index (χ4v) is 4.26. The fraction of sp³-hybridized carbons (Fsp3) is 0.360. The third-order valence-corrected chi connectivity index (χ3v) is 6.09. The average molecular weight is 442 g/mol. The van der Waals surface area contributed by atoms with Crippen LogP contribution >= 0.6 is 11.6 Å². The van der Waals surface area contributed by atoms with E-state index in [4.69, 9.17) is 16.3 Å². The third-order valence-electron chi connectivity index (χ3n) is 5.84. The molecule has 164 valence electrons. The number of hydrogen-bond donors (Lipinski definition) is 1. The van der Waals surface area contributed by atoms with Gasteiger partial charge in [0.1, 0.15) is 5.82 Å². The molecule has 0 radical (unpaired) electrons. The Hall–Kier alpha value is -2.34. The van der Waals surface area contributed by atoms with E-state index >= 15 is 0 Å². The van der Waals surface area contributed by atoms with E-state index in [1.54, 1.807) is 12.1 Å². The van der Waals surface area contributed by atoms with Crippen LogP contribution in [0.25, 0.3) is 10.9 Å². The van der Waals surface area contributed by atoms with Crippen LogP contribution in [0.2, 0.25) is 5.02 Å². The summed E-state index contributed by atoms with van der Waals surface area (Å²) in [5.74, 6) is -0.220. The van der Waals surface area contributed by atoms with Crippen molar-refractivity contribution in [2.24, 2.45) is 0 Å². The molecule has 2 aromatic carbocycles. The third kappa shape index (κ3) is 5.48. The molecule has 0 aliphatic carbocycles. The van der Waals surface area contributed by atoms with E-state index in [0.717, 1.165) is 53.8 Å². The van der Waals surface area contributed by atoms with Gasteiger partial charge in [0, 0.05) is 55.0 Å². The molecule has 1 aliphatic heterocycles. The zero-order valence-electron chi connectivity index (χ0n) is 17.9. The van der Waals surface area contributed by atoms with E-state index in [1.165, 1.54) is 0 Å². The van der Waals surface area contributed by atoms with Crippen molar-refractivity contribution in [2.45, 2.75) is 32.5 Å². The Morgan fingerprint density at radius 3 is 2.81 bits per heavy atom. The van der Waals surface area contributed by atoms with Gasteiger partial charge in [-0.15, -0.1) is 0 Å². The van der Waals surface area contributed by atoms with Crippen molar-refractivity contribution in [3.8, 4) is 0 Å². The van der Waals surface area contributed by atoms with Gasteiger partial charge in [0.05, 0.1) is 18.2 Å². The molecule has 31 heavy (non-hydrogen) atoms. The number of ether oxygens (including phenoxy) is 1. The SMILES string of the molecule is C=C(C)N1CCC(OCCNCc2cc(F)cc3c2ccn3Cc2ccc(Cl)cc2)C1. The smallest absolute Gasteiger partial charge is 0.125 e. The van der Waals surface area contributed by atoms with E-state index in [-0.39, 0.29) is 11.9 Å². The van der Waals surface area contributed by atoms with Crippen LogP contribution in [-0.2, 0) is 17.8 Å². The molecular formula is C25H29ClFN3O. The number of aromatic nitrogens is 1. The van der Waals surface area contributed by atoms with Gasteiger partial charge in [-0.25, -0.2) is 4.39 Å². The Labute approximate surface area is 188 Å². The lowest BCUT2D eigenvalue weighted by Crippen LogP contribution is -2.25. The van der Waals surface area contributed by atoms with E-state index in [0.29, 0.717) is 24.7 Å². The molecule has 4 nitrogen and oxygen atoms in total. The number of allylic oxidation sites excluding steroid dienone is 1. The number of halogens is 2. The van der Waals surface area contributed by atoms with Crippen LogP contribution in [-0.4, -0.2) is 41.8 Å². The van der Waals surface area contributed by atoms with Crippen molar-refractivity contribution >= 4 is 22.5 Å². The molecule has 1 fully saturated rings. The summed E-state index contributed by atoms with van der Waals surface area (Å²) in [6, 6.07) is 13.0. The monoisotopic (exact) mass is 441 g/mol. The lowest BCUT2D eigenvalue weighted by atomic mass is 10.1. The molecule has 0 amide bonds. The van der Waals surface area contributed by atoms with Gasteiger partial charge < -0.3 is 19.5 Å². The first-order chi connectivity index (χ1) is 15.0. The summed E-state index contributed by atoms with van der Waals surface area (Å²) in [7, 11) is 0. The van der Waals surface area contributed by atoms with Crippen LogP contribution in [0.15, 0.2) is 60.9 Å². The van der Waals surface area contributed by atoms with Crippen molar-refractivity contribution in [3.05, 3.63) is 82.9 Å². The lowest BCUT2D eigenvalue weighted by Gasteiger charge is -2.18. The van der Waals surface area contributed by atoms with Crippen molar-refractivity contribution in [1.29, 1.82) is 0 Å². The summed E-state index contributed by atoms with van der Waals surface area (Å²) < 4.78 is 22.4. The molecule has 4 rings (SSSR count). The van der Waals surface area contributed by atoms with E-state index in [2.05, 4.69) is 27.4 Å². The zero-order chi connectivity index (χ0) is 21.8. The van der Waals surface area contributed by atoms with Gasteiger partial charge in [-0.1, -0.05) is 30.3 Å². The summed E-state index contributed by atoms with van der Waals surface area (Å²) in [5.41, 5.74) is 4.08.